The van der Waals surface area contributed by atoms with E-state index in [1.807, 2.05) is 9.80 Å². The lowest BCUT2D eigenvalue weighted by Gasteiger charge is -2.38. The summed E-state index contributed by atoms with van der Waals surface area (Å²) in [6.07, 6.45) is 16.0. The first-order valence-electron chi connectivity index (χ1n) is 21.1. The number of imidazole rings is 1. The van der Waals surface area contributed by atoms with Crippen LogP contribution in [0.25, 0.3) is 11.2 Å². The van der Waals surface area contributed by atoms with Gasteiger partial charge < -0.3 is 48.8 Å². The van der Waals surface area contributed by atoms with Crippen molar-refractivity contribution in [2.24, 2.45) is 0 Å². The fourth-order valence-electron chi connectivity index (χ4n) is 6.65. The number of hydrogen-bond acceptors (Lipinski definition) is 16. The van der Waals surface area contributed by atoms with Gasteiger partial charge in [0.1, 0.15) is 30.2 Å². The summed E-state index contributed by atoms with van der Waals surface area (Å²) in [4.78, 5) is 38.8. The van der Waals surface area contributed by atoms with Crippen LogP contribution in [0.1, 0.15) is 125 Å². The van der Waals surface area contributed by atoms with Crippen LogP contribution in [0.5, 0.6) is 0 Å². The molecule has 4 N–H and O–H groups in total. The van der Waals surface area contributed by atoms with E-state index in [-0.39, 0.29) is 12.4 Å². The first-order valence-corrected chi connectivity index (χ1v) is 25.1. The van der Waals surface area contributed by atoms with Gasteiger partial charge in [-0.3, -0.25) is 13.7 Å². The van der Waals surface area contributed by atoms with Gasteiger partial charge >= 0.3 is 8.60 Å². The quantitative estimate of drug-likeness (QED) is 0.135. The van der Waals surface area contributed by atoms with E-state index >= 15 is 0 Å². The minimum atomic E-state index is -5.15. The van der Waals surface area contributed by atoms with Crippen LogP contribution in [0.4, 0.5) is 5.82 Å². The van der Waals surface area contributed by atoms with Gasteiger partial charge in [0, 0.05) is 7.11 Å². The summed E-state index contributed by atoms with van der Waals surface area (Å²) in [6.45, 7) is 20.7. The van der Waals surface area contributed by atoms with Crippen molar-refractivity contribution in [3.63, 3.8) is 0 Å². The van der Waals surface area contributed by atoms with Gasteiger partial charge in [-0.15, -0.1) is 0 Å². The third-order valence-corrected chi connectivity index (χ3v) is 14.5. The lowest BCUT2D eigenvalue weighted by molar-refractivity contribution is -0.900. The molecule has 2 aromatic heterocycles. The maximum Gasteiger partial charge on any atom is 0.346 e. The molecule has 3 saturated heterocycles. The highest BCUT2D eigenvalue weighted by Crippen LogP contribution is 2.73. The molecule has 336 valence electrons. The van der Waals surface area contributed by atoms with Crippen molar-refractivity contribution in [2.45, 2.75) is 150 Å². The zero-order valence-corrected chi connectivity index (χ0v) is 38.3. The number of phosphoric acid groups is 2. The van der Waals surface area contributed by atoms with Crippen molar-refractivity contribution in [1.29, 1.82) is 0 Å². The Bertz CT molecular complexity index is 1450. The molecule has 5 heterocycles. The maximum absolute atomic E-state index is 11.4. The number of nitrogens with two attached hydrogens (primary N) is 1. The molecule has 0 spiro atoms. The Kier molecular flexibility index (Phi) is 23.8. The molecule has 3 aliphatic heterocycles. The highest BCUT2D eigenvalue weighted by atomic mass is 31.3. The fraction of sp³-hybridized carbons (Fsp3) is 0.861. The number of aromatic nitrogens is 4. The van der Waals surface area contributed by atoms with Crippen LogP contribution in [0.2, 0.25) is 0 Å². The number of unbranched alkanes of at least 4 members (excludes halogenated alkanes) is 6. The fourth-order valence-corrected chi connectivity index (χ4v) is 10.7. The third-order valence-electron chi connectivity index (χ3n) is 9.86. The Labute approximate surface area is 346 Å². The lowest BCUT2D eigenvalue weighted by Crippen LogP contribution is -3.12. The molecule has 2 aromatic rings. The Hall–Kier alpha value is -1.24. The molecule has 0 amide bonds. The number of rotatable bonds is 23. The van der Waals surface area contributed by atoms with Crippen molar-refractivity contribution < 1.29 is 65.1 Å². The van der Waals surface area contributed by atoms with E-state index in [0.717, 1.165) is 0 Å². The SMILES string of the molecule is CCCC[NH+](CCCC)CCCC.CCCC[NH+](CCCC)CCCC.COC1O[C@@H]2[C@H](O1)[C@@H](COP1OP(=O)([O-])OP(=O)([O-])O1)O[C@H]2n1cnc2c(N)ncnc21. The van der Waals surface area contributed by atoms with Crippen LogP contribution in [0, 0.1) is 0 Å². The molecule has 3 unspecified atom stereocenters. The van der Waals surface area contributed by atoms with Gasteiger partial charge in [-0.2, -0.15) is 0 Å². The number of nitrogen functional groups attached to an aromatic ring is 1. The number of anilines is 1. The molecule has 7 atom stereocenters. The van der Waals surface area contributed by atoms with Crippen LogP contribution in [-0.2, 0) is 45.5 Å². The van der Waals surface area contributed by atoms with Crippen molar-refractivity contribution in [3.8, 4) is 0 Å². The molecule has 5 rings (SSSR count). The lowest BCUT2D eigenvalue weighted by atomic mass is 10.1. The topological polar surface area (TPSA) is 233 Å². The van der Waals surface area contributed by atoms with E-state index in [4.69, 9.17) is 29.2 Å². The number of ether oxygens (including phenoxy) is 4. The Balaban J connectivity index is 0.000000288. The second-order valence-corrected chi connectivity index (χ2v) is 19.1. The first kappa shape index (κ1) is 51.1. The molecule has 58 heavy (non-hydrogen) atoms. The molecule has 22 heteroatoms. The Morgan fingerprint density at radius 2 is 1.21 bits per heavy atom. The van der Waals surface area contributed by atoms with Crippen LogP contribution in [0.15, 0.2) is 12.7 Å². The van der Waals surface area contributed by atoms with E-state index in [1.54, 1.807) is 4.57 Å². The maximum atomic E-state index is 11.4. The number of hydrogen-bond donors (Lipinski definition) is 3. The smallest absolute Gasteiger partial charge is 0.346 e. The summed E-state index contributed by atoms with van der Waals surface area (Å²) in [6, 6.07) is 0. The molecule has 19 nitrogen and oxygen atoms in total. The summed E-state index contributed by atoms with van der Waals surface area (Å²) in [5, 5.41) is 0. The molecule has 0 bridgehead atoms. The predicted molar refractivity (Wildman–Crippen MR) is 216 cm³/mol. The average molecular weight is 886 g/mol. The van der Waals surface area contributed by atoms with E-state index in [0.29, 0.717) is 11.2 Å². The second-order valence-electron chi connectivity index (χ2n) is 14.7. The number of quaternary nitrogens is 2. The minimum absolute atomic E-state index is 0.169. The van der Waals surface area contributed by atoms with Gasteiger partial charge in [-0.05, 0) is 38.5 Å². The highest BCUT2D eigenvalue weighted by molar-refractivity contribution is 7.71. The summed E-state index contributed by atoms with van der Waals surface area (Å²) < 4.78 is 64.7. The zero-order chi connectivity index (χ0) is 42.6. The number of nitrogens with zero attached hydrogens (tertiary/aromatic N) is 4. The number of nitrogens with one attached hydrogen (secondary N) is 2. The first-order chi connectivity index (χ1) is 27.8. The zero-order valence-electron chi connectivity index (χ0n) is 35.6. The van der Waals surface area contributed by atoms with E-state index in [2.05, 4.69) is 69.4 Å². The highest BCUT2D eigenvalue weighted by Gasteiger charge is 2.54. The van der Waals surface area contributed by atoms with Crippen LogP contribution in [-0.4, -0.2) is 97.3 Å². The molecular formula is C36H70N7O12P3. The van der Waals surface area contributed by atoms with Gasteiger partial charge in [0.05, 0.1) is 52.2 Å². The summed E-state index contributed by atoms with van der Waals surface area (Å²) in [7, 11) is -11.8. The predicted octanol–water partition coefficient (Wildman–Crippen LogP) is 3.81. The molecule has 0 radical (unpaired) electrons. The van der Waals surface area contributed by atoms with Crippen LogP contribution >= 0.6 is 24.2 Å². The van der Waals surface area contributed by atoms with Crippen molar-refractivity contribution >= 4 is 41.2 Å². The summed E-state index contributed by atoms with van der Waals surface area (Å²) in [5.41, 5.74) is 6.54. The summed E-state index contributed by atoms with van der Waals surface area (Å²) >= 11 is 0. The van der Waals surface area contributed by atoms with E-state index in [1.165, 1.54) is 136 Å². The number of fused-ring (bicyclic) bond motifs is 2. The number of methoxy groups -OCH3 is 1. The molecular weight excluding hydrogens is 815 g/mol. The van der Waals surface area contributed by atoms with Gasteiger partial charge in [-0.1, -0.05) is 80.1 Å². The molecule has 0 saturated carbocycles. The molecule has 3 aliphatic rings. The largest absolute Gasteiger partial charge is 0.756 e. The Morgan fingerprint density at radius 1 is 0.741 bits per heavy atom. The van der Waals surface area contributed by atoms with E-state index in [9.17, 15) is 18.9 Å². The second kappa shape index (κ2) is 27.0. The monoisotopic (exact) mass is 885 g/mol. The van der Waals surface area contributed by atoms with Crippen molar-refractivity contribution in [1.82, 2.24) is 19.5 Å². The minimum Gasteiger partial charge on any atom is -0.756 e. The molecule has 0 aromatic carbocycles. The van der Waals surface area contributed by atoms with Gasteiger partial charge in [0.15, 0.2) is 17.7 Å². The van der Waals surface area contributed by atoms with Gasteiger partial charge in [-0.25, -0.2) is 27.9 Å². The van der Waals surface area contributed by atoms with Crippen molar-refractivity contribution in [2.75, 3.05) is 58.7 Å². The Morgan fingerprint density at radius 3 is 1.66 bits per heavy atom. The average Bonchev–Trinajstić information content (AvgIpc) is 3.90. The molecule has 0 aliphatic carbocycles. The van der Waals surface area contributed by atoms with E-state index < -0.39 is 55.3 Å². The summed E-state index contributed by atoms with van der Waals surface area (Å²) in [5.74, 6) is 0.169. The standard InChI is InChI=1S/C12H16N5O12P3.2C12H27N/c1-22-12-25-7-5(2-23-30-27-31(18,19)29-32(20,21)28-30)24-11(8(7)26-12)17-4-16-6-9(13)14-3-15-10(6)17;2*1-4-7-10-13(11-8-5-2)12-9-6-3/h3-5,7-8,11-12H,2H2,1H3,(H,18,19)(H,20,21)(H2,13,14,15);2*4-12H2,1-3H3/t5-,7-,8-,11-,12?;;/m1../s1. The van der Waals surface area contributed by atoms with Gasteiger partial charge in [0.25, 0.3) is 22.1 Å². The van der Waals surface area contributed by atoms with Crippen LogP contribution in [0.3, 0.4) is 0 Å². The molecule has 3 fully saturated rings. The van der Waals surface area contributed by atoms with Crippen molar-refractivity contribution in [3.05, 3.63) is 12.7 Å². The van der Waals surface area contributed by atoms with Gasteiger partial charge in [0.2, 0.25) is 0 Å². The normalized spacial score (nSPS) is 28.1. The van der Waals surface area contributed by atoms with Crippen LogP contribution < -0.4 is 25.3 Å². The third kappa shape index (κ3) is 16.9.